The van der Waals surface area contributed by atoms with Crippen LogP contribution in [0.25, 0.3) is 0 Å². The second kappa shape index (κ2) is 13.3. The van der Waals surface area contributed by atoms with Gasteiger partial charge in [-0.2, -0.15) is 0 Å². The normalized spacial score (nSPS) is 14.8. The standard InChI is InChI=1S/C16H30O7/c1-5-7-9-20-12(3)22-15(18)11-14(17)16(19)23-13(4)21-10-8-6-2/h12-14,17H,5-11H2,1-4H3. The number of unbranched alkanes of at least 4 members (excludes halogenated alkanes) is 2. The summed E-state index contributed by atoms with van der Waals surface area (Å²) in [7, 11) is 0. The van der Waals surface area contributed by atoms with Crippen molar-refractivity contribution in [2.45, 2.75) is 78.5 Å². The molecule has 0 bridgehead atoms. The van der Waals surface area contributed by atoms with Gasteiger partial charge in [0.1, 0.15) is 0 Å². The van der Waals surface area contributed by atoms with Crippen molar-refractivity contribution in [2.75, 3.05) is 13.2 Å². The Morgan fingerprint density at radius 1 is 0.913 bits per heavy atom. The van der Waals surface area contributed by atoms with Gasteiger partial charge in [0, 0.05) is 0 Å². The van der Waals surface area contributed by atoms with E-state index in [1.165, 1.54) is 0 Å². The Labute approximate surface area is 138 Å². The van der Waals surface area contributed by atoms with Crippen molar-refractivity contribution in [2.24, 2.45) is 0 Å². The van der Waals surface area contributed by atoms with Crippen LogP contribution in [-0.2, 0) is 28.5 Å². The molecule has 0 aliphatic rings. The first-order valence-corrected chi connectivity index (χ1v) is 8.21. The molecule has 0 aliphatic heterocycles. The van der Waals surface area contributed by atoms with Gasteiger partial charge in [-0.3, -0.25) is 4.79 Å². The van der Waals surface area contributed by atoms with Crippen LogP contribution in [0.15, 0.2) is 0 Å². The Bertz CT molecular complexity index is 332. The molecular formula is C16H30O7. The lowest BCUT2D eigenvalue weighted by molar-refractivity contribution is -0.190. The van der Waals surface area contributed by atoms with Gasteiger partial charge in [-0.1, -0.05) is 26.7 Å². The van der Waals surface area contributed by atoms with E-state index in [0.29, 0.717) is 13.2 Å². The first-order valence-electron chi connectivity index (χ1n) is 8.21. The van der Waals surface area contributed by atoms with E-state index in [-0.39, 0.29) is 0 Å². The molecule has 7 heteroatoms. The molecule has 0 aromatic rings. The second-order valence-corrected chi connectivity index (χ2v) is 5.23. The first-order chi connectivity index (χ1) is 10.9. The molecule has 136 valence electrons. The van der Waals surface area contributed by atoms with Crippen molar-refractivity contribution >= 4 is 11.9 Å². The molecule has 0 aromatic heterocycles. The highest BCUT2D eigenvalue weighted by Gasteiger charge is 2.24. The quantitative estimate of drug-likeness (QED) is 0.313. The fraction of sp³-hybridized carbons (Fsp3) is 0.875. The van der Waals surface area contributed by atoms with Crippen LogP contribution in [0.2, 0.25) is 0 Å². The summed E-state index contributed by atoms with van der Waals surface area (Å²) in [6, 6.07) is 0. The Morgan fingerprint density at radius 3 is 1.87 bits per heavy atom. The number of aliphatic hydroxyl groups excluding tert-OH is 1. The first kappa shape index (κ1) is 21.8. The third kappa shape index (κ3) is 12.0. The maximum Gasteiger partial charge on any atom is 0.337 e. The van der Waals surface area contributed by atoms with E-state index < -0.39 is 37.0 Å². The topological polar surface area (TPSA) is 91.3 Å². The van der Waals surface area contributed by atoms with Crippen molar-refractivity contribution < 1.29 is 33.6 Å². The number of esters is 2. The van der Waals surface area contributed by atoms with Gasteiger partial charge in [0.05, 0.1) is 19.6 Å². The van der Waals surface area contributed by atoms with Gasteiger partial charge in [0.15, 0.2) is 18.7 Å². The summed E-state index contributed by atoms with van der Waals surface area (Å²) in [5.74, 6) is -1.64. The average Bonchev–Trinajstić information content (AvgIpc) is 2.47. The van der Waals surface area contributed by atoms with Crippen LogP contribution in [-0.4, -0.2) is 48.9 Å². The van der Waals surface area contributed by atoms with E-state index in [1.807, 2.05) is 13.8 Å². The molecule has 0 fully saturated rings. The number of hydrogen-bond acceptors (Lipinski definition) is 7. The highest BCUT2D eigenvalue weighted by Crippen LogP contribution is 2.05. The lowest BCUT2D eigenvalue weighted by Crippen LogP contribution is -2.31. The number of ether oxygens (including phenoxy) is 4. The zero-order chi connectivity index (χ0) is 17.7. The zero-order valence-corrected chi connectivity index (χ0v) is 14.6. The zero-order valence-electron chi connectivity index (χ0n) is 14.6. The molecule has 3 atom stereocenters. The summed E-state index contributed by atoms with van der Waals surface area (Å²) in [5, 5.41) is 9.66. The Morgan fingerprint density at radius 2 is 1.39 bits per heavy atom. The third-order valence-corrected chi connectivity index (χ3v) is 2.91. The minimum Gasteiger partial charge on any atom is -0.436 e. The Balaban J connectivity index is 3.98. The molecule has 7 nitrogen and oxygen atoms in total. The number of hydrogen-bond donors (Lipinski definition) is 1. The SMILES string of the molecule is CCCCOC(C)OC(=O)CC(O)C(=O)OC(C)OCCCC. The van der Waals surface area contributed by atoms with Gasteiger partial charge < -0.3 is 24.1 Å². The minimum atomic E-state index is -1.58. The van der Waals surface area contributed by atoms with Gasteiger partial charge in [0.25, 0.3) is 0 Å². The number of rotatable bonds is 13. The van der Waals surface area contributed by atoms with Gasteiger partial charge >= 0.3 is 11.9 Å². The molecule has 1 N–H and O–H groups in total. The minimum absolute atomic E-state index is 0.468. The van der Waals surface area contributed by atoms with E-state index >= 15 is 0 Å². The van der Waals surface area contributed by atoms with Crippen LogP contribution in [0.5, 0.6) is 0 Å². The van der Waals surface area contributed by atoms with Crippen LogP contribution in [0.3, 0.4) is 0 Å². The van der Waals surface area contributed by atoms with Crippen molar-refractivity contribution in [1.29, 1.82) is 0 Å². The fourth-order valence-corrected chi connectivity index (χ4v) is 1.57. The number of aliphatic hydroxyl groups is 1. The molecule has 3 unspecified atom stereocenters. The summed E-state index contributed by atoms with van der Waals surface area (Å²) in [4.78, 5) is 23.2. The van der Waals surface area contributed by atoms with Gasteiger partial charge in [-0.15, -0.1) is 0 Å². The summed E-state index contributed by atoms with van der Waals surface area (Å²) < 4.78 is 20.3. The second-order valence-electron chi connectivity index (χ2n) is 5.23. The molecule has 0 spiro atoms. The van der Waals surface area contributed by atoms with Gasteiger partial charge in [-0.25, -0.2) is 4.79 Å². The van der Waals surface area contributed by atoms with Crippen LogP contribution < -0.4 is 0 Å². The van der Waals surface area contributed by atoms with Crippen LogP contribution >= 0.6 is 0 Å². The van der Waals surface area contributed by atoms with Crippen LogP contribution in [0, 0.1) is 0 Å². The molecule has 0 radical (unpaired) electrons. The van der Waals surface area contributed by atoms with Gasteiger partial charge in [-0.05, 0) is 26.7 Å². The van der Waals surface area contributed by atoms with E-state index in [0.717, 1.165) is 25.7 Å². The van der Waals surface area contributed by atoms with Gasteiger partial charge in [0.2, 0.25) is 0 Å². The fourth-order valence-electron chi connectivity index (χ4n) is 1.57. The van der Waals surface area contributed by atoms with Crippen molar-refractivity contribution in [3.63, 3.8) is 0 Å². The largest absolute Gasteiger partial charge is 0.436 e. The lowest BCUT2D eigenvalue weighted by Gasteiger charge is -2.17. The molecule has 0 saturated heterocycles. The van der Waals surface area contributed by atoms with E-state index in [1.54, 1.807) is 13.8 Å². The molecule has 0 heterocycles. The highest BCUT2D eigenvalue weighted by molar-refractivity contribution is 5.81. The van der Waals surface area contributed by atoms with Crippen molar-refractivity contribution in [1.82, 2.24) is 0 Å². The Hall–Kier alpha value is -1.18. The number of carbonyl (C=O) groups is 2. The average molecular weight is 334 g/mol. The summed E-state index contributed by atoms with van der Waals surface area (Å²) >= 11 is 0. The lowest BCUT2D eigenvalue weighted by atomic mass is 10.2. The van der Waals surface area contributed by atoms with E-state index in [2.05, 4.69) is 0 Å². The third-order valence-electron chi connectivity index (χ3n) is 2.91. The molecule has 0 aliphatic carbocycles. The molecular weight excluding hydrogens is 304 g/mol. The van der Waals surface area contributed by atoms with Crippen molar-refractivity contribution in [3.05, 3.63) is 0 Å². The maximum atomic E-state index is 11.6. The molecule has 23 heavy (non-hydrogen) atoms. The molecule has 0 aromatic carbocycles. The van der Waals surface area contributed by atoms with E-state index in [4.69, 9.17) is 18.9 Å². The summed E-state index contributed by atoms with van der Waals surface area (Å²) in [6.45, 7) is 8.14. The monoisotopic (exact) mass is 334 g/mol. The van der Waals surface area contributed by atoms with E-state index in [9.17, 15) is 14.7 Å². The summed E-state index contributed by atoms with van der Waals surface area (Å²) in [5.41, 5.74) is 0. The van der Waals surface area contributed by atoms with Crippen LogP contribution in [0.1, 0.15) is 59.8 Å². The van der Waals surface area contributed by atoms with Crippen LogP contribution in [0.4, 0.5) is 0 Å². The predicted molar refractivity (Wildman–Crippen MR) is 83.5 cm³/mol. The van der Waals surface area contributed by atoms with Crippen molar-refractivity contribution in [3.8, 4) is 0 Å². The highest BCUT2D eigenvalue weighted by atomic mass is 16.7. The summed E-state index contributed by atoms with van der Waals surface area (Å²) in [6.07, 6.45) is 0.117. The molecule has 0 amide bonds. The predicted octanol–water partition coefficient (Wildman–Crippen LogP) is 2.15. The maximum absolute atomic E-state index is 11.6. The molecule has 0 rings (SSSR count). The number of carbonyl (C=O) groups excluding carboxylic acids is 2. The molecule has 0 saturated carbocycles. The smallest absolute Gasteiger partial charge is 0.337 e. The Kier molecular flexibility index (Phi) is 12.6.